The van der Waals surface area contributed by atoms with Gasteiger partial charge in [-0.15, -0.1) is 0 Å². The van der Waals surface area contributed by atoms with Gasteiger partial charge in [0.25, 0.3) is 0 Å². The number of benzene rings is 1. The summed E-state index contributed by atoms with van der Waals surface area (Å²) in [5, 5.41) is 3.00. The molecule has 0 saturated heterocycles. The van der Waals surface area contributed by atoms with Crippen molar-refractivity contribution >= 4 is 11.6 Å². The molecule has 0 heterocycles. The Morgan fingerprint density at radius 2 is 2.16 bits per heavy atom. The van der Waals surface area contributed by atoms with Crippen molar-refractivity contribution in [1.82, 2.24) is 0 Å². The number of anilines is 1. The smallest absolute Gasteiger partial charge is 0.228 e. The molecule has 2 saturated carbocycles. The van der Waals surface area contributed by atoms with Crippen LogP contribution in [-0.4, -0.2) is 13.0 Å². The fourth-order valence-corrected chi connectivity index (χ4v) is 3.39. The van der Waals surface area contributed by atoms with Crippen molar-refractivity contribution in [3.05, 3.63) is 23.8 Å². The third kappa shape index (κ3) is 2.21. The molecule has 1 amide bonds. The largest absolute Gasteiger partial charge is 0.495 e. The summed E-state index contributed by atoms with van der Waals surface area (Å²) in [6.07, 6.45) is 3.71. The van der Waals surface area contributed by atoms with Gasteiger partial charge >= 0.3 is 0 Å². The zero-order valence-corrected chi connectivity index (χ0v) is 11.2. The minimum absolute atomic E-state index is 0.147. The predicted octanol–water partition coefficient (Wildman–Crippen LogP) is 2.14. The van der Waals surface area contributed by atoms with Crippen LogP contribution in [-0.2, 0) is 11.3 Å². The molecular formula is C15H20N2O2. The van der Waals surface area contributed by atoms with E-state index < -0.39 is 0 Å². The van der Waals surface area contributed by atoms with E-state index in [9.17, 15) is 4.79 Å². The number of nitrogens with one attached hydrogen (secondary N) is 1. The zero-order valence-electron chi connectivity index (χ0n) is 11.2. The number of nitrogens with two attached hydrogens (primary N) is 1. The first-order valence-electron chi connectivity index (χ1n) is 6.92. The number of carbonyl (C=O) groups excluding carboxylic acids is 1. The summed E-state index contributed by atoms with van der Waals surface area (Å²) >= 11 is 0. The van der Waals surface area contributed by atoms with Crippen LogP contribution in [0.25, 0.3) is 0 Å². The van der Waals surface area contributed by atoms with Crippen molar-refractivity contribution in [2.45, 2.75) is 25.8 Å². The standard InChI is InChI=1S/C15H20N2O2/c1-19-13-7-9(8-16)5-6-12(13)17-15(18)14-10-3-2-4-11(10)14/h5-7,10-11,14H,2-4,8,16H2,1H3,(H,17,18). The topological polar surface area (TPSA) is 64.3 Å². The maximum absolute atomic E-state index is 12.2. The Morgan fingerprint density at radius 1 is 1.42 bits per heavy atom. The molecule has 102 valence electrons. The first-order chi connectivity index (χ1) is 9.24. The lowest BCUT2D eigenvalue weighted by Gasteiger charge is -2.12. The van der Waals surface area contributed by atoms with Crippen molar-refractivity contribution < 1.29 is 9.53 Å². The van der Waals surface area contributed by atoms with Gasteiger partial charge in [-0.1, -0.05) is 12.5 Å². The van der Waals surface area contributed by atoms with Crippen LogP contribution in [0.5, 0.6) is 5.75 Å². The van der Waals surface area contributed by atoms with Gasteiger partial charge in [-0.2, -0.15) is 0 Å². The summed E-state index contributed by atoms with van der Waals surface area (Å²) in [5.74, 6) is 2.33. The van der Waals surface area contributed by atoms with E-state index in [1.165, 1.54) is 19.3 Å². The van der Waals surface area contributed by atoms with E-state index in [0.717, 1.165) is 11.3 Å². The van der Waals surface area contributed by atoms with Gasteiger partial charge in [0, 0.05) is 12.5 Å². The van der Waals surface area contributed by atoms with Crippen LogP contribution in [0.1, 0.15) is 24.8 Å². The molecule has 0 spiro atoms. The number of fused-ring (bicyclic) bond motifs is 1. The molecule has 0 radical (unpaired) electrons. The molecule has 2 fully saturated rings. The summed E-state index contributed by atoms with van der Waals surface area (Å²) in [4.78, 5) is 12.2. The Morgan fingerprint density at radius 3 is 2.79 bits per heavy atom. The van der Waals surface area contributed by atoms with E-state index in [1.807, 2.05) is 18.2 Å². The molecule has 0 bridgehead atoms. The lowest BCUT2D eigenvalue weighted by Crippen LogP contribution is -2.17. The fourth-order valence-electron chi connectivity index (χ4n) is 3.39. The van der Waals surface area contributed by atoms with Crippen LogP contribution in [0.2, 0.25) is 0 Å². The lowest BCUT2D eigenvalue weighted by molar-refractivity contribution is -0.118. The summed E-state index contributed by atoms with van der Waals surface area (Å²) in [5.41, 5.74) is 7.35. The molecular weight excluding hydrogens is 240 g/mol. The minimum atomic E-state index is 0.147. The number of ether oxygens (including phenoxy) is 1. The van der Waals surface area contributed by atoms with E-state index in [2.05, 4.69) is 5.32 Å². The van der Waals surface area contributed by atoms with E-state index in [0.29, 0.717) is 24.1 Å². The zero-order chi connectivity index (χ0) is 13.4. The molecule has 2 atom stereocenters. The van der Waals surface area contributed by atoms with Gasteiger partial charge in [0.1, 0.15) is 5.75 Å². The van der Waals surface area contributed by atoms with Gasteiger partial charge in [-0.05, 0) is 42.4 Å². The Kier molecular flexibility index (Phi) is 3.19. The molecule has 3 rings (SSSR count). The predicted molar refractivity (Wildman–Crippen MR) is 73.8 cm³/mol. The van der Waals surface area contributed by atoms with Gasteiger partial charge < -0.3 is 15.8 Å². The van der Waals surface area contributed by atoms with Crippen LogP contribution in [0.3, 0.4) is 0 Å². The summed E-state index contributed by atoms with van der Waals surface area (Å²) in [6.45, 7) is 0.470. The molecule has 2 aliphatic rings. The number of rotatable bonds is 4. The van der Waals surface area contributed by atoms with Crippen molar-refractivity contribution in [1.29, 1.82) is 0 Å². The first kappa shape index (κ1) is 12.5. The normalized spacial score (nSPS) is 27.8. The quantitative estimate of drug-likeness (QED) is 0.871. The van der Waals surface area contributed by atoms with Gasteiger partial charge in [-0.25, -0.2) is 0 Å². The third-order valence-electron chi connectivity index (χ3n) is 4.47. The molecule has 4 heteroatoms. The second-order valence-corrected chi connectivity index (χ2v) is 5.51. The van der Waals surface area contributed by atoms with Crippen LogP contribution in [0.15, 0.2) is 18.2 Å². The third-order valence-corrected chi connectivity index (χ3v) is 4.47. The molecule has 3 N–H and O–H groups in total. The average Bonchev–Trinajstić information content (AvgIpc) is 2.93. The highest BCUT2D eigenvalue weighted by molar-refractivity contribution is 5.96. The highest BCUT2D eigenvalue weighted by atomic mass is 16.5. The second kappa shape index (κ2) is 4.85. The van der Waals surface area contributed by atoms with Crippen molar-refractivity contribution in [2.75, 3.05) is 12.4 Å². The number of hydrogen-bond acceptors (Lipinski definition) is 3. The molecule has 0 aromatic heterocycles. The van der Waals surface area contributed by atoms with Gasteiger partial charge in [-0.3, -0.25) is 4.79 Å². The molecule has 0 aliphatic heterocycles. The van der Waals surface area contributed by atoms with E-state index in [4.69, 9.17) is 10.5 Å². The van der Waals surface area contributed by atoms with Crippen LogP contribution in [0.4, 0.5) is 5.69 Å². The first-order valence-corrected chi connectivity index (χ1v) is 6.92. The molecule has 2 unspecified atom stereocenters. The maximum Gasteiger partial charge on any atom is 0.228 e. The Labute approximate surface area is 113 Å². The number of carbonyl (C=O) groups is 1. The van der Waals surface area contributed by atoms with Crippen molar-refractivity contribution in [3.63, 3.8) is 0 Å². The highest BCUT2D eigenvalue weighted by Crippen LogP contribution is 2.57. The van der Waals surface area contributed by atoms with Gasteiger partial charge in [0.05, 0.1) is 12.8 Å². The number of methoxy groups -OCH3 is 1. The summed E-state index contributed by atoms with van der Waals surface area (Å²) in [6, 6.07) is 5.67. The molecule has 4 nitrogen and oxygen atoms in total. The molecule has 19 heavy (non-hydrogen) atoms. The molecule has 1 aromatic rings. The second-order valence-electron chi connectivity index (χ2n) is 5.51. The van der Waals surface area contributed by atoms with E-state index >= 15 is 0 Å². The minimum Gasteiger partial charge on any atom is -0.495 e. The fraction of sp³-hybridized carbons (Fsp3) is 0.533. The Balaban J connectivity index is 1.71. The van der Waals surface area contributed by atoms with Crippen molar-refractivity contribution in [2.24, 2.45) is 23.5 Å². The highest BCUT2D eigenvalue weighted by Gasteiger charge is 2.56. The SMILES string of the molecule is COc1cc(CN)ccc1NC(=O)C1C2CCCC21. The van der Waals surface area contributed by atoms with Gasteiger partial charge in [0.15, 0.2) is 0 Å². The maximum atomic E-state index is 12.2. The van der Waals surface area contributed by atoms with Gasteiger partial charge in [0.2, 0.25) is 5.91 Å². The molecule has 1 aromatic carbocycles. The number of hydrogen-bond donors (Lipinski definition) is 2. The van der Waals surface area contributed by atoms with Crippen LogP contribution >= 0.6 is 0 Å². The monoisotopic (exact) mass is 260 g/mol. The lowest BCUT2D eigenvalue weighted by atomic mass is 10.1. The Bertz CT molecular complexity index is 491. The van der Waals surface area contributed by atoms with Crippen molar-refractivity contribution in [3.8, 4) is 5.75 Å². The summed E-state index contributed by atoms with van der Waals surface area (Å²) in [7, 11) is 1.61. The van der Waals surface area contributed by atoms with E-state index in [-0.39, 0.29) is 11.8 Å². The Hall–Kier alpha value is -1.55. The van der Waals surface area contributed by atoms with Crippen LogP contribution in [0, 0.1) is 17.8 Å². The molecule has 2 aliphatic carbocycles. The number of amides is 1. The average molecular weight is 260 g/mol. The summed E-state index contributed by atoms with van der Waals surface area (Å²) < 4.78 is 5.31. The van der Waals surface area contributed by atoms with Crippen LogP contribution < -0.4 is 15.8 Å². The van der Waals surface area contributed by atoms with E-state index in [1.54, 1.807) is 7.11 Å².